The maximum Gasteiger partial charge on any atom is 0.246 e. The number of hydrogen-bond acceptors (Lipinski definition) is 3. The molecule has 22 heavy (non-hydrogen) atoms. The summed E-state index contributed by atoms with van der Waals surface area (Å²) in [6, 6.07) is 5.55. The van der Waals surface area contributed by atoms with Crippen LogP contribution in [0.4, 0.5) is 0 Å². The summed E-state index contributed by atoms with van der Waals surface area (Å²) in [6.45, 7) is 6.92. The zero-order valence-corrected chi connectivity index (χ0v) is 13.7. The Kier molecular flexibility index (Phi) is 7.83. The molecule has 0 saturated heterocycles. The van der Waals surface area contributed by atoms with Gasteiger partial charge in [0.25, 0.3) is 0 Å². The second-order valence-corrected chi connectivity index (χ2v) is 4.96. The number of hydrogen-bond donors (Lipinski definition) is 0. The minimum atomic E-state index is -0.000555. The third-order valence-electron chi connectivity index (χ3n) is 3.19. The van der Waals surface area contributed by atoms with Crippen molar-refractivity contribution >= 4 is 12.0 Å². The van der Waals surface area contributed by atoms with Crippen molar-refractivity contribution in [1.82, 2.24) is 4.90 Å². The van der Waals surface area contributed by atoms with Crippen LogP contribution < -0.4 is 9.47 Å². The van der Waals surface area contributed by atoms with Crippen LogP contribution in [-0.4, -0.2) is 38.1 Å². The summed E-state index contributed by atoms with van der Waals surface area (Å²) in [4.78, 5) is 13.7. The number of carbonyl (C=O) groups is 1. The molecule has 4 heteroatoms. The topological polar surface area (TPSA) is 38.8 Å². The van der Waals surface area contributed by atoms with E-state index >= 15 is 0 Å². The highest BCUT2D eigenvalue weighted by Crippen LogP contribution is 2.28. The average Bonchev–Trinajstić information content (AvgIpc) is 2.55. The fraction of sp³-hybridized carbons (Fsp3) is 0.389. The Morgan fingerprint density at radius 2 is 2.14 bits per heavy atom. The van der Waals surface area contributed by atoms with E-state index in [2.05, 4.69) is 13.5 Å². The quantitative estimate of drug-likeness (QED) is 0.517. The lowest BCUT2D eigenvalue weighted by Crippen LogP contribution is -2.25. The number of carbonyl (C=O) groups excluding carboxylic acids is 1. The normalized spacial score (nSPS) is 10.5. The van der Waals surface area contributed by atoms with Crippen molar-refractivity contribution in [2.45, 2.75) is 19.8 Å². The average molecular weight is 303 g/mol. The molecule has 0 spiro atoms. The summed E-state index contributed by atoms with van der Waals surface area (Å²) in [5.74, 6) is 1.29. The molecule has 120 valence electrons. The summed E-state index contributed by atoms with van der Waals surface area (Å²) in [5, 5.41) is 0. The Labute approximate surface area is 133 Å². The second-order valence-electron chi connectivity index (χ2n) is 4.96. The molecule has 1 aromatic rings. The molecule has 0 atom stereocenters. The van der Waals surface area contributed by atoms with Crippen LogP contribution in [0.1, 0.15) is 25.3 Å². The molecule has 1 rings (SSSR count). The van der Waals surface area contributed by atoms with Gasteiger partial charge in [0.05, 0.1) is 7.11 Å². The number of amides is 1. The minimum Gasteiger partial charge on any atom is -0.493 e. The third-order valence-corrected chi connectivity index (χ3v) is 3.19. The van der Waals surface area contributed by atoms with Crippen LogP contribution in [0.25, 0.3) is 6.08 Å². The van der Waals surface area contributed by atoms with Crippen molar-refractivity contribution in [3.8, 4) is 11.5 Å². The van der Waals surface area contributed by atoms with Gasteiger partial charge in [0.15, 0.2) is 11.5 Å². The van der Waals surface area contributed by atoms with Crippen molar-refractivity contribution in [3.05, 3.63) is 42.5 Å². The van der Waals surface area contributed by atoms with Crippen molar-refractivity contribution in [2.24, 2.45) is 0 Å². The zero-order valence-electron chi connectivity index (χ0n) is 13.7. The molecule has 1 amide bonds. The van der Waals surface area contributed by atoms with Crippen LogP contribution in [0.5, 0.6) is 11.5 Å². The molecule has 0 heterocycles. The van der Waals surface area contributed by atoms with Gasteiger partial charge in [0.1, 0.15) is 6.61 Å². The number of likely N-dealkylation sites (N-methyl/N-ethyl adjacent to an activating group) is 1. The number of methoxy groups -OCH3 is 1. The predicted octanol–water partition coefficient (Wildman–Crippen LogP) is 3.53. The maximum absolute atomic E-state index is 12.0. The van der Waals surface area contributed by atoms with E-state index in [-0.39, 0.29) is 5.91 Å². The summed E-state index contributed by atoms with van der Waals surface area (Å²) in [7, 11) is 3.41. The number of ether oxygens (including phenoxy) is 2. The number of nitrogens with zero attached hydrogens (tertiary/aromatic N) is 1. The van der Waals surface area contributed by atoms with E-state index < -0.39 is 0 Å². The highest BCUT2D eigenvalue weighted by Gasteiger charge is 2.06. The lowest BCUT2D eigenvalue weighted by atomic mass is 10.2. The predicted molar refractivity (Wildman–Crippen MR) is 90.3 cm³/mol. The van der Waals surface area contributed by atoms with Gasteiger partial charge in [-0.1, -0.05) is 32.1 Å². The Hall–Kier alpha value is -2.23. The van der Waals surface area contributed by atoms with E-state index in [4.69, 9.17) is 9.47 Å². The molecule has 0 saturated carbocycles. The SMILES string of the molecule is C=CCOc1ccc(C=CC(=O)N(C)CCCC)cc1OC. The highest BCUT2D eigenvalue weighted by atomic mass is 16.5. The Morgan fingerprint density at radius 3 is 2.77 bits per heavy atom. The fourth-order valence-electron chi connectivity index (χ4n) is 1.86. The maximum atomic E-state index is 12.0. The largest absolute Gasteiger partial charge is 0.493 e. The highest BCUT2D eigenvalue weighted by molar-refractivity contribution is 5.91. The van der Waals surface area contributed by atoms with E-state index in [0.717, 1.165) is 24.9 Å². The first kappa shape index (κ1) is 17.8. The molecule has 0 aliphatic carbocycles. The molecule has 0 aliphatic rings. The number of benzene rings is 1. The van der Waals surface area contributed by atoms with Crippen molar-refractivity contribution < 1.29 is 14.3 Å². The van der Waals surface area contributed by atoms with E-state index in [0.29, 0.717) is 18.1 Å². The molecule has 0 radical (unpaired) electrons. The molecule has 4 nitrogen and oxygen atoms in total. The Bertz CT molecular complexity index is 523. The second kappa shape index (κ2) is 9.66. The molecular weight excluding hydrogens is 278 g/mol. The third kappa shape index (κ3) is 5.64. The minimum absolute atomic E-state index is 0.000555. The number of rotatable bonds is 9. The van der Waals surface area contributed by atoms with Gasteiger partial charge in [-0.3, -0.25) is 4.79 Å². The smallest absolute Gasteiger partial charge is 0.246 e. The molecular formula is C18H25NO3. The van der Waals surface area contributed by atoms with Gasteiger partial charge in [-0.2, -0.15) is 0 Å². The first-order valence-electron chi connectivity index (χ1n) is 7.47. The Balaban J connectivity index is 2.74. The first-order chi connectivity index (χ1) is 10.6. The molecule has 0 N–H and O–H groups in total. The monoisotopic (exact) mass is 303 g/mol. The molecule has 1 aromatic carbocycles. The first-order valence-corrected chi connectivity index (χ1v) is 7.47. The van der Waals surface area contributed by atoms with Crippen LogP contribution in [0.15, 0.2) is 36.9 Å². The van der Waals surface area contributed by atoms with Gasteiger partial charge >= 0.3 is 0 Å². The molecule has 0 unspecified atom stereocenters. The van der Waals surface area contributed by atoms with Crippen molar-refractivity contribution in [1.29, 1.82) is 0 Å². The van der Waals surface area contributed by atoms with Crippen LogP contribution in [0.3, 0.4) is 0 Å². The zero-order chi connectivity index (χ0) is 16.4. The van der Waals surface area contributed by atoms with Crippen LogP contribution >= 0.6 is 0 Å². The summed E-state index contributed by atoms with van der Waals surface area (Å²) in [5.41, 5.74) is 0.889. The summed E-state index contributed by atoms with van der Waals surface area (Å²) < 4.78 is 10.8. The van der Waals surface area contributed by atoms with Gasteiger partial charge in [0.2, 0.25) is 5.91 Å². The van der Waals surface area contributed by atoms with E-state index in [9.17, 15) is 4.79 Å². The summed E-state index contributed by atoms with van der Waals surface area (Å²) in [6.07, 6.45) is 7.13. The molecule has 0 bridgehead atoms. The molecule has 0 fully saturated rings. The van der Waals surface area contributed by atoms with E-state index in [1.54, 1.807) is 30.2 Å². The lowest BCUT2D eigenvalue weighted by Gasteiger charge is -2.14. The number of unbranched alkanes of at least 4 members (excludes halogenated alkanes) is 1. The van der Waals surface area contributed by atoms with Gasteiger partial charge < -0.3 is 14.4 Å². The van der Waals surface area contributed by atoms with Gasteiger partial charge in [-0.05, 0) is 30.2 Å². The van der Waals surface area contributed by atoms with E-state index in [1.165, 1.54) is 0 Å². The van der Waals surface area contributed by atoms with Gasteiger partial charge in [-0.15, -0.1) is 0 Å². The standard InChI is InChI=1S/C18H25NO3/c1-5-7-12-19(3)18(20)11-9-15-8-10-16(22-13-6-2)17(14-15)21-4/h6,8-11,14H,2,5,7,12-13H2,1,3-4H3. The van der Waals surface area contributed by atoms with Crippen molar-refractivity contribution in [3.63, 3.8) is 0 Å². The molecule has 0 aromatic heterocycles. The fourth-order valence-corrected chi connectivity index (χ4v) is 1.86. The lowest BCUT2D eigenvalue weighted by molar-refractivity contribution is -0.124. The van der Waals surface area contributed by atoms with Gasteiger partial charge in [0, 0.05) is 19.7 Å². The van der Waals surface area contributed by atoms with Crippen molar-refractivity contribution in [2.75, 3.05) is 27.3 Å². The van der Waals surface area contributed by atoms with E-state index in [1.807, 2.05) is 25.2 Å². The van der Waals surface area contributed by atoms with Crippen LogP contribution in [-0.2, 0) is 4.79 Å². The summed E-state index contributed by atoms with van der Waals surface area (Å²) >= 11 is 0. The van der Waals surface area contributed by atoms with Crippen LogP contribution in [0.2, 0.25) is 0 Å². The van der Waals surface area contributed by atoms with Gasteiger partial charge in [-0.25, -0.2) is 0 Å². The van der Waals surface area contributed by atoms with Crippen LogP contribution in [0, 0.1) is 0 Å². The Morgan fingerprint density at radius 1 is 1.36 bits per heavy atom. The molecule has 0 aliphatic heterocycles.